The summed E-state index contributed by atoms with van der Waals surface area (Å²) in [6.45, 7) is 2.35. The van der Waals surface area contributed by atoms with Crippen molar-refractivity contribution in [3.8, 4) is 0 Å². The zero-order chi connectivity index (χ0) is 14.1. The molecule has 0 saturated heterocycles. The summed E-state index contributed by atoms with van der Waals surface area (Å²) >= 11 is 1.52. The highest BCUT2D eigenvalue weighted by molar-refractivity contribution is 7.98. The molecule has 0 bridgehead atoms. The molecule has 1 aromatic carbocycles. The Morgan fingerprint density at radius 3 is 2.74 bits per heavy atom. The maximum atomic E-state index is 13.3. The largest absolute Gasteiger partial charge is 0.214 e. The fraction of sp³-hybridized carbons (Fsp3) is 0.538. The van der Waals surface area contributed by atoms with Gasteiger partial charge in [-0.05, 0) is 18.1 Å². The second kappa shape index (κ2) is 8.55. The van der Waals surface area contributed by atoms with Crippen LogP contribution in [0.15, 0.2) is 24.3 Å². The summed E-state index contributed by atoms with van der Waals surface area (Å²) in [5.41, 5.74) is 0.654. The molecule has 0 aromatic heterocycles. The number of rotatable bonds is 9. The molecular formula is C13H20FNO2S2. The van der Waals surface area contributed by atoms with Gasteiger partial charge in [0.15, 0.2) is 0 Å². The van der Waals surface area contributed by atoms with Gasteiger partial charge in [-0.3, -0.25) is 0 Å². The van der Waals surface area contributed by atoms with Crippen LogP contribution >= 0.6 is 11.8 Å². The number of benzene rings is 1. The zero-order valence-corrected chi connectivity index (χ0v) is 12.7. The molecule has 0 aliphatic rings. The van der Waals surface area contributed by atoms with E-state index in [1.807, 2.05) is 6.92 Å². The van der Waals surface area contributed by atoms with Crippen LogP contribution in [-0.4, -0.2) is 26.5 Å². The molecule has 0 amide bonds. The molecule has 0 aliphatic carbocycles. The Balaban J connectivity index is 2.20. The lowest BCUT2D eigenvalue weighted by atomic mass is 10.2. The molecule has 1 rings (SSSR count). The van der Waals surface area contributed by atoms with Crippen LogP contribution in [-0.2, 0) is 15.8 Å². The first-order valence-electron chi connectivity index (χ1n) is 6.33. The topological polar surface area (TPSA) is 46.2 Å². The standard InChI is InChI=1S/C13H20FNO2S2/c1-2-3-10-19(16,17)15-8-9-18-11-12-6-4-5-7-13(12)14/h4-7,15H,2-3,8-11H2,1H3. The Hall–Kier alpha value is -0.590. The Bertz CT molecular complexity index is 477. The van der Waals surface area contributed by atoms with Crippen molar-refractivity contribution in [1.82, 2.24) is 4.72 Å². The van der Waals surface area contributed by atoms with Crippen LogP contribution in [0.4, 0.5) is 4.39 Å². The van der Waals surface area contributed by atoms with Crippen LogP contribution < -0.4 is 4.72 Å². The molecule has 0 aliphatic heterocycles. The number of hydrogen-bond acceptors (Lipinski definition) is 3. The van der Waals surface area contributed by atoms with Gasteiger partial charge in [0.2, 0.25) is 10.0 Å². The number of hydrogen-bond donors (Lipinski definition) is 1. The predicted molar refractivity (Wildman–Crippen MR) is 79.3 cm³/mol. The highest BCUT2D eigenvalue weighted by atomic mass is 32.2. The molecule has 0 radical (unpaired) electrons. The molecule has 0 spiro atoms. The van der Waals surface area contributed by atoms with Crippen LogP contribution in [0.3, 0.4) is 0 Å². The van der Waals surface area contributed by atoms with Gasteiger partial charge in [-0.15, -0.1) is 0 Å². The van der Waals surface area contributed by atoms with Crippen molar-refractivity contribution in [3.63, 3.8) is 0 Å². The normalized spacial score (nSPS) is 11.7. The van der Waals surface area contributed by atoms with E-state index in [9.17, 15) is 12.8 Å². The van der Waals surface area contributed by atoms with Crippen molar-refractivity contribution >= 4 is 21.8 Å². The first-order chi connectivity index (χ1) is 9.05. The summed E-state index contributed by atoms with van der Waals surface area (Å²) in [6, 6.07) is 6.63. The maximum Gasteiger partial charge on any atom is 0.211 e. The van der Waals surface area contributed by atoms with Gasteiger partial charge in [0.25, 0.3) is 0 Å². The minimum atomic E-state index is -3.13. The second-order valence-corrected chi connectivity index (χ2v) is 7.24. The highest BCUT2D eigenvalue weighted by Gasteiger charge is 2.08. The van der Waals surface area contributed by atoms with Gasteiger partial charge in [-0.25, -0.2) is 17.5 Å². The summed E-state index contributed by atoms with van der Waals surface area (Å²) in [7, 11) is -3.13. The van der Waals surface area contributed by atoms with Crippen molar-refractivity contribution in [3.05, 3.63) is 35.6 Å². The van der Waals surface area contributed by atoms with Gasteiger partial charge in [-0.2, -0.15) is 11.8 Å². The fourth-order valence-electron chi connectivity index (χ4n) is 1.47. The third kappa shape index (κ3) is 6.94. The molecule has 108 valence electrons. The maximum absolute atomic E-state index is 13.3. The van der Waals surface area contributed by atoms with E-state index < -0.39 is 10.0 Å². The summed E-state index contributed by atoms with van der Waals surface area (Å²) < 4.78 is 38.8. The van der Waals surface area contributed by atoms with Crippen LogP contribution in [0.5, 0.6) is 0 Å². The molecule has 0 heterocycles. The van der Waals surface area contributed by atoms with E-state index >= 15 is 0 Å². The molecule has 1 N–H and O–H groups in total. The van der Waals surface area contributed by atoms with Crippen molar-refractivity contribution in [1.29, 1.82) is 0 Å². The summed E-state index contributed by atoms with van der Waals surface area (Å²) in [4.78, 5) is 0. The van der Waals surface area contributed by atoms with Crippen LogP contribution in [0.2, 0.25) is 0 Å². The van der Waals surface area contributed by atoms with Crippen molar-refractivity contribution < 1.29 is 12.8 Å². The molecule has 1 aromatic rings. The number of unbranched alkanes of at least 4 members (excludes halogenated alkanes) is 1. The Kier molecular flexibility index (Phi) is 7.41. The Labute approximate surface area is 119 Å². The number of halogens is 1. The van der Waals surface area contributed by atoms with E-state index in [0.717, 1.165) is 6.42 Å². The van der Waals surface area contributed by atoms with E-state index in [2.05, 4.69) is 4.72 Å². The average molecular weight is 305 g/mol. The highest BCUT2D eigenvalue weighted by Crippen LogP contribution is 2.14. The monoisotopic (exact) mass is 305 g/mol. The van der Waals surface area contributed by atoms with Crippen LogP contribution in [0.1, 0.15) is 25.3 Å². The smallest absolute Gasteiger partial charge is 0.211 e. The van der Waals surface area contributed by atoms with Crippen molar-refractivity contribution in [2.75, 3.05) is 18.1 Å². The Morgan fingerprint density at radius 1 is 1.32 bits per heavy atom. The molecule has 3 nitrogen and oxygen atoms in total. The first kappa shape index (κ1) is 16.5. The first-order valence-corrected chi connectivity index (χ1v) is 9.14. The van der Waals surface area contributed by atoms with Gasteiger partial charge < -0.3 is 0 Å². The molecule has 0 atom stereocenters. The summed E-state index contributed by atoms with van der Waals surface area (Å²) in [6.07, 6.45) is 1.54. The third-order valence-corrected chi connectivity index (χ3v) is 5.03. The molecule has 0 saturated carbocycles. The third-order valence-electron chi connectivity index (χ3n) is 2.55. The fourth-order valence-corrected chi connectivity index (χ4v) is 3.67. The Morgan fingerprint density at radius 2 is 2.05 bits per heavy atom. The lowest BCUT2D eigenvalue weighted by Gasteiger charge is -2.06. The van der Waals surface area contributed by atoms with Gasteiger partial charge in [-0.1, -0.05) is 31.5 Å². The summed E-state index contributed by atoms with van der Waals surface area (Å²) in [5, 5.41) is 0. The molecule has 0 fully saturated rings. The predicted octanol–water partition coefficient (Wildman–Crippen LogP) is 2.78. The molecule has 19 heavy (non-hydrogen) atoms. The van der Waals surface area contributed by atoms with Gasteiger partial charge in [0.1, 0.15) is 5.82 Å². The van der Waals surface area contributed by atoms with E-state index in [4.69, 9.17) is 0 Å². The minimum Gasteiger partial charge on any atom is -0.214 e. The van der Waals surface area contributed by atoms with Crippen molar-refractivity contribution in [2.45, 2.75) is 25.5 Å². The molecular weight excluding hydrogens is 285 g/mol. The van der Waals surface area contributed by atoms with Crippen LogP contribution in [0.25, 0.3) is 0 Å². The van der Waals surface area contributed by atoms with Crippen molar-refractivity contribution in [2.24, 2.45) is 0 Å². The average Bonchev–Trinajstić information content (AvgIpc) is 2.38. The summed E-state index contributed by atoms with van der Waals surface area (Å²) in [5.74, 6) is 1.17. The van der Waals surface area contributed by atoms with Crippen LogP contribution in [0, 0.1) is 5.82 Å². The van der Waals surface area contributed by atoms with Gasteiger partial charge in [0, 0.05) is 18.1 Å². The number of nitrogens with one attached hydrogen (secondary N) is 1. The lowest BCUT2D eigenvalue weighted by molar-refractivity contribution is 0.580. The van der Waals surface area contributed by atoms with E-state index in [-0.39, 0.29) is 11.6 Å². The van der Waals surface area contributed by atoms with E-state index in [1.54, 1.807) is 18.2 Å². The van der Waals surface area contributed by atoms with Gasteiger partial charge in [0.05, 0.1) is 5.75 Å². The minimum absolute atomic E-state index is 0.182. The lowest BCUT2D eigenvalue weighted by Crippen LogP contribution is -2.28. The SMILES string of the molecule is CCCCS(=O)(=O)NCCSCc1ccccc1F. The second-order valence-electron chi connectivity index (χ2n) is 4.21. The van der Waals surface area contributed by atoms with E-state index in [0.29, 0.717) is 30.0 Å². The number of thioether (sulfide) groups is 1. The molecule has 6 heteroatoms. The number of sulfonamides is 1. The molecule has 0 unspecified atom stereocenters. The quantitative estimate of drug-likeness (QED) is 0.714. The zero-order valence-electron chi connectivity index (χ0n) is 11.1. The van der Waals surface area contributed by atoms with E-state index in [1.165, 1.54) is 17.8 Å². The van der Waals surface area contributed by atoms with Gasteiger partial charge >= 0.3 is 0 Å².